The highest BCUT2D eigenvalue weighted by atomic mass is 16.5. The third-order valence-corrected chi connectivity index (χ3v) is 2.75. The Morgan fingerprint density at radius 2 is 2.50 bits per heavy atom. The molecule has 1 aliphatic heterocycles. The molecule has 1 saturated heterocycles. The third-order valence-electron chi connectivity index (χ3n) is 2.75. The summed E-state index contributed by atoms with van der Waals surface area (Å²) < 4.78 is 5.61. The van der Waals surface area contributed by atoms with Crippen molar-refractivity contribution in [2.75, 3.05) is 24.6 Å². The lowest BCUT2D eigenvalue weighted by atomic mass is 10.2. The van der Waals surface area contributed by atoms with Crippen molar-refractivity contribution in [2.24, 2.45) is 5.73 Å². The number of nitrogens with two attached hydrogens (primary N) is 1. The summed E-state index contributed by atoms with van der Waals surface area (Å²) in [4.78, 5) is 2.22. The van der Waals surface area contributed by atoms with Crippen molar-refractivity contribution in [3.63, 3.8) is 0 Å². The van der Waals surface area contributed by atoms with Crippen LogP contribution in [0.25, 0.3) is 0 Å². The molecule has 0 spiro atoms. The van der Waals surface area contributed by atoms with Crippen molar-refractivity contribution in [1.82, 2.24) is 10.2 Å². The number of hydrogen-bond donors (Lipinski definition) is 1. The highest BCUT2D eigenvalue weighted by Gasteiger charge is 2.18. The minimum Gasteiger partial charge on any atom is -0.377 e. The zero-order chi connectivity index (χ0) is 11.4. The first-order valence-electron chi connectivity index (χ1n) is 5.68. The molecule has 1 aromatic heterocycles. The Morgan fingerprint density at radius 3 is 3.31 bits per heavy atom. The van der Waals surface area contributed by atoms with Crippen molar-refractivity contribution in [3.8, 4) is 0 Å². The van der Waals surface area contributed by atoms with Gasteiger partial charge in [-0.2, -0.15) is 5.10 Å². The smallest absolute Gasteiger partial charge is 0.155 e. The monoisotopic (exact) mass is 222 g/mol. The number of hydrogen-bond acceptors (Lipinski definition) is 5. The normalized spacial score (nSPS) is 21.9. The minimum atomic E-state index is 0.232. The quantitative estimate of drug-likeness (QED) is 0.791. The number of anilines is 1. The fourth-order valence-electron chi connectivity index (χ4n) is 1.96. The second-order valence-corrected chi connectivity index (χ2v) is 4.07. The molecule has 5 nitrogen and oxygen atoms in total. The lowest BCUT2D eigenvalue weighted by Gasteiger charge is -2.24. The molecule has 1 aliphatic rings. The van der Waals surface area contributed by atoms with Gasteiger partial charge in [-0.3, -0.25) is 0 Å². The van der Waals surface area contributed by atoms with E-state index >= 15 is 0 Å². The molecule has 88 valence electrons. The topological polar surface area (TPSA) is 64.3 Å². The zero-order valence-electron chi connectivity index (χ0n) is 9.59. The molecule has 5 heteroatoms. The molecule has 16 heavy (non-hydrogen) atoms. The van der Waals surface area contributed by atoms with E-state index in [-0.39, 0.29) is 6.10 Å². The van der Waals surface area contributed by atoms with E-state index in [1.165, 1.54) is 0 Å². The van der Waals surface area contributed by atoms with Crippen LogP contribution in [0.4, 0.5) is 5.82 Å². The molecule has 2 rings (SSSR count). The van der Waals surface area contributed by atoms with Gasteiger partial charge in [0.05, 0.1) is 12.3 Å². The Balaban J connectivity index is 2.20. The molecule has 2 heterocycles. The van der Waals surface area contributed by atoms with Gasteiger partial charge < -0.3 is 15.4 Å². The fourth-order valence-corrected chi connectivity index (χ4v) is 1.96. The van der Waals surface area contributed by atoms with Crippen molar-refractivity contribution >= 4 is 5.82 Å². The first kappa shape index (κ1) is 11.3. The molecule has 1 unspecified atom stereocenters. The van der Waals surface area contributed by atoms with Gasteiger partial charge in [0.25, 0.3) is 0 Å². The van der Waals surface area contributed by atoms with Crippen molar-refractivity contribution < 1.29 is 4.74 Å². The third kappa shape index (κ3) is 2.48. The molecule has 1 atom stereocenters. The summed E-state index contributed by atoms with van der Waals surface area (Å²) in [7, 11) is 0. The van der Waals surface area contributed by atoms with Crippen LogP contribution in [0.2, 0.25) is 0 Å². The lowest BCUT2D eigenvalue weighted by Crippen LogP contribution is -2.32. The van der Waals surface area contributed by atoms with Crippen LogP contribution in [0.15, 0.2) is 12.3 Å². The van der Waals surface area contributed by atoms with Gasteiger partial charge >= 0.3 is 0 Å². The van der Waals surface area contributed by atoms with Gasteiger partial charge in [0.15, 0.2) is 5.82 Å². The first-order chi connectivity index (χ1) is 7.81. The van der Waals surface area contributed by atoms with Crippen LogP contribution in [-0.4, -0.2) is 36.0 Å². The molecule has 0 aliphatic carbocycles. The molecule has 1 fully saturated rings. The van der Waals surface area contributed by atoms with E-state index in [2.05, 4.69) is 22.0 Å². The summed E-state index contributed by atoms with van der Waals surface area (Å²) in [6.45, 7) is 5.20. The average Bonchev–Trinajstić information content (AvgIpc) is 2.54. The maximum Gasteiger partial charge on any atom is 0.155 e. The SMILES string of the molecule is CC1CN(c2nnccc2CN)CCCO1. The Bertz CT molecular complexity index is 345. The predicted octanol–water partition coefficient (Wildman–Crippen LogP) is 0.551. The van der Waals surface area contributed by atoms with E-state index in [9.17, 15) is 0 Å². The molecule has 0 radical (unpaired) electrons. The summed E-state index contributed by atoms with van der Waals surface area (Å²) in [5, 5.41) is 8.13. The van der Waals surface area contributed by atoms with Crippen molar-refractivity contribution in [2.45, 2.75) is 26.0 Å². The number of aromatic nitrogens is 2. The largest absolute Gasteiger partial charge is 0.377 e. The van der Waals surface area contributed by atoms with Gasteiger partial charge in [-0.25, -0.2) is 0 Å². The summed E-state index contributed by atoms with van der Waals surface area (Å²) in [6.07, 6.45) is 2.93. The van der Waals surface area contributed by atoms with Crippen molar-refractivity contribution in [1.29, 1.82) is 0 Å². The van der Waals surface area contributed by atoms with Gasteiger partial charge in [0.1, 0.15) is 0 Å². The van der Waals surface area contributed by atoms with Crippen LogP contribution in [0.1, 0.15) is 18.9 Å². The summed E-state index contributed by atoms with van der Waals surface area (Å²) in [5.41, 5.74) is 6.75. The van der Waals surface area contributed by atoms with Gasteiger partial charge in [-0.15, -0.1) is 5.10 Å². The summed E-state index contributed by atoms with van der Waals surface area (Å²) >= 11 is 0. The van der Waals surface area contributed by atoms with E-state index in [1.807, 2.05) is 6.07 Å². The summed E-state index contributed by atoms with van der Waals surface area (Å²) in [6, 6.07) is 1.93. The second-order valence-electron chi connectivity index (χ2n) is 4.07. The molecule has 0 amide bonds. The molecular weight excluding hydrogens is 204 g/mol. The second kappa shape index (κ2) is 5.23. The van der Waals surface area contributed by atoms with E-state index in [0.717, 1.165) is 37.5 Å². The molecule has 0 bridgehead atoms. The first-order valence-corrected chi connectivity index (χ1v) is 5.68. The highest BCUT2D eigenvalue weighted by molar-refractivity contribution is 5.45. The van der Waals surface area contributed by atoms with Crippen LogP contribution in [0.5, 0.6) is 0 Å². The Kier molecular flexibility index (Phi) is 3.69. The lowest BCUT2D eigenvalue weighted by molar-refractivity contribution is 0.0820. The van der Waals surface area contributed by atoms with E-state index in [0.29, 0.717) is 6.54 Å². The number of rotatable bonds is 2. The average molecular weight is 222 g/mol. The molecule has 0 saturated carbocycles. The van der Waals surface area contributed by atoms with Crippen LogP contribution in [0.3, 0.4) is 0 Å². The van der Waals surface area contributed by atoms with Crippen LogP contribution >= 0.6 is 0 Å². The van der Waals surface area contributed by atoms with Gasteiger partial charge in [-0.05, 0) is 19.4 Å². The highest BCUT2D eigenvalue weighted by Crippen LogP contribution is 2.18. The van der Waals surface area contributed by atoms with Crippen molar-refractivity contribution in [3.05, 3.63) is 17.8 Å². The predicted molar refractivity (Wildman–Crippen MR) is 62.2 cm³/mol. The van der Waals surface area contributed by atoms with E-state index < -0.39 is 0 Å². The zero-order valence-corrected chi connectivity index (χ0v) is 9.59. The molecule has 2 N–H and O–H groups in total. The molecular formula is C11H18N4O. The molecule has 1 aromatic rings. The fraction of sp³-hybridized carbons (Fsp3) is 0.636. The maximum atomic E-state index is 5.71. The van der Waals surface area contributed by atoms with Gasteiger partial charge in [-0.1, -0.05) is 0 Å². The summed E-state index contributed by atoms with van der Waals surface area (Å²) in [5.74, 6) is 0.905. The van der Waals surface area contributed by atoms with Crippen LogP contribution in [-0.2, 0) is 11.3 Å². The Labute approximate surface area is 95.6 Å². The number of ether oxygens (including phenoxy) is 1. The Hall–Kier alpha value is -1.20. The van der Waals surface area contributed by atoms with E-state index in [4.69, 9.17) is 10.5 Å². The number of nitrogens with zero attached hydrogens (tertiary/aromatic N) is 3. The standard InChI is InChI=1S/C11H18N4O/c1-9-8-15(5-2-6-16-9)11-10(7-12)3-4-13-14-11/h3-4,9H,2,5-8,12H2,1H3. The van der Waals surface area contributed by atoms with Gasteiger partial charge in [0.2, 0.25) is 0 Å². The van der Waals surface area contributed by atoms with Crippen LogP contribution in [0, 0.1) is 0 Å². The van der Waals surface area contributed by atoms with Gasteiger partial charge in [0, 0.05) is 31.8 Å². The Morgan fingerprint density at radius 1 is 1.62 bits per heavy atom. The van der Waals surface area contributed by atoms with Crippen LogP contribution < -0.4 is 10.6 Å². The van der Waals surface area contributed by atoms with E-state index in [1.54, 1.807) is 6.20 Å². The minimum absolute atomic E-state index is 0.232. The molecule has 0 aromatic carbocycles. The maximum absolute atomic E-state index is 5.71.